The number of aliphatic hydroxyl groups is 1. The molecule has 9 heteroatoms. The van der Waals surface area contributed by atoms with Gasteiger partial charge in [-0.25, -0.2) is 9.98 Å². The summed E-state index contributed by atoms with van der Waals surface area (Å²) in [6.45, 7) is 4.89. The quantitative estimate of drug-likeness (QED) is 0.603. The van der Waals surface area contributed by atoms with Gasteiger partial charge in [-0.3, -0.25) is 4.57 Å². The smallest absolute Gasteiger partial charge is 0.166 e. The van der Waals surface area contributed by atoms with Crippen LogP contribution in [-0.2, 0) is 20.6 Å². The minimum Gasteiger partial charge on any atom is -0.394 e. The number of benzene rings is 1. The molecular formula is C22H29N5O4. The zero-order chi connectivity index (χ0) is 21.4. The summed E-state index contributed by atoms with van der Waals surface area (Å²) in [7, 11) is 0. The van der Waals surface area contributed by atoms with Crippen LogP contribution in [0.1, 0.15) is 37.8 Å². The van der Waals surface area contributed by atoms with Gasteiger partial charge in [0, 0.05) is 6.54 Å². The lowest BCUT2D eigenvalue weighted by Gasteiger charge is -2.26. The normalized spacial score (nSPS) is 28.5. The van der Waals surface area contributed by atoms with Gasteiger partial charge in [0.2, 0.25) is 0 Å². The first-order valence-electron chi connectivity index (χ1n) is 10.8. The highest BCUT2D eigenvalue weighted by Crippen LogP contribution is 2.44. The Bertz CT molecular complexity index is 945. The Labute approximate surface area is 181 Å². The molecule has 3 N–H and O–H groups in total. The van der Waals surface area contributed by atoms with Crippen LogP contribution in [0.4, 0.5) is 5.82 Å². The zero-order valence-electron chi connectivity index (χ0n) is 17.8. The van der Waals surface area contributed by atoms with Crippen LogP contribution >= 0.6 is 0 Å². The Balaban J connectivity index is 1.27. The highest BCUT2D eigenvalue weighted by atomic mass is 16.8. The fraction of sp³-hybridized carbons (Fsp3) is 0.545. The summed E-state index contributed by atoms with van der Waals surface area (Å²) in [5, 5.41) is 16.5. The lowest BCUT2D eigenvalue weighted by molar-refractivity contribution is -0.199. The zero-order valence-corrected chi connectivity index (χ0v) is 17.8. The molecule has 166 valence electrons. The molecule has 2 aromatic rings. The fourth-order valence-electron chi connectivity index (χ4n) is 4.48. The number of nitrogens with zero attached hydrogens (tertiary/aromatic N) is 3. The fourth-order valence-corrected chi connectivity index (χ4v) is 4.48. The molecule has 2 saturated heterocycles. The van der Waals surface area contributed by atoms with Gasteiger partial charge in [-0.1, -0.05) is 30.3 Å². The van der Waals surface area contributed by atoms with Crippen molar-refractivity contribution in [1.29, 1.82) is 0 Å². The number of nitrogens with one attached hydrogen (secondary N) is 2. The summed E-state index contributed by atoms with van der Waals surface area (Å²) in [5.41, 5.74) is 2.09. The van der Waals surface area contributed by atoms with Crippen LogP contribution in [0.5, 0.6) is 0 Å². The van der Waals surface area contributed by atoms with E-state index in [0.717, 1.165) is 36.7 Å². The van der Waals surface area contributed by atoms with Gasteiger partial charge in [0.25, 0.3) is 0 Å². The Kier molecular flexibility index (Phi) is 5.43. The van der Waals surface area contributed by atoms with Crippen molar-refractivity contribution in [3.05, 3.63) is 47.9 Å². The molecule has 0 amide bonds. The average Bonchev–Trinajstić information content (AvgIpc) is 3.42. The van der Waals surface area contributed by atoms with Crippen molar-refractivity contribution in [3.63, 3.8) is 0 Å². The third-order valence-corrected chi connectivity index (χ3v) is 5.86. The number of hydrogen-bond donors (Lipinski definition) is 3. The van der Waals surface area contributed by atoms with Gasteiger partial charge in [0.1, 0.15) is 36.5 Å². The van der Waals surface area contributed by atoms with Crippen molar-refractivity contribution in [3.8, 4) is 0 Å². The summed E-state index contributed by atoms with van der Waals surface area (Å²) in [6, 6.07) is 10.5. The number of fused-ring (bicyclic) bond motifs is 2. The molecule has 3 aliphatic heterocycles. The van der Waals surface area contributed by atoms with Crippen LogP contribution in [0.2, 0.25) is 0 Å². The van der Waals surface area contributed by atoms with E-state index in [2.05, 4.69) is 44.9 Å². The summed E-state index contributed by atoms with van der Waals surface area (Å²) < 4.78 is 20.1. The van der Waals surface area contributed by atoms with Crippen molar-refractivity contribution in [2.45, 2.75) is 57.0 Å². The Morgan fingerprint density at radius 1 is 1.23 bits per heavy atom. The molecule has 0 radical (unpaired) electrons. The van der Waals surface area contributed by atoms with Crippen LogP contribution in [0.25, 0.3) is 0 Å². The molecular weight excluding hydrogens is 398 g/mol. The Morgan fingerprint density at radius 3 is 2.84 bits per heavy atom. The van der Waals surface area contributed by atoms with Crippen LogP contribution in [0.3, 0.4) is 0 Å². The van der Waals surface area contributed by atoms with Gasteiger partial charge < -0.3 is 30.0 Å². The number of aryl methyl sites for hydroxylation is 1. The standard InChI is InChI=1S/C22H29N5O4/c1-22(2)30-17-15(11-28)29-21(18(17)31-22)27-13-26-16-19(24-12-25-20(16)27)23-10-6-9-14-7-4-3-5-8-14/h3-5,7-8,13,15,17-18,21,25,28H,6,9-12H2,1-2H3,(H,23,24). The highest BCUT2D eigenvalue weighted by molar-refractivity contribution is 6.02. The molecule has 0 spiro atoms. The molecule has 0 bridgehead atoms. The lowest BCUT2D eigenvalue weighted by atomic mass is 10.1. The number of aromatic nitrogens is 2. The van der Waals surface area contributed by atoms with E-state index in [-0.39, 0.29) is 18.8 Å². The molecule has 1 aromatic heterocycles. The number of imidazole rings is 1. The average molecular weight is 428 g/mol. The van der Waals surface area contributed by atoms with E-state index >= 15 is 0 Å². The molecule has 5 rings (SSSR count). The van der Waals surface area contributed by atoms with Crippen molar-refractivity contribution in [2.24, 2.45) is 4.99 Å². The summed E-state index contributed by atoms with van der Waals surface area (Å²) in [6.07, 6.45) is 2.22. The third kappa shape index (κ3) is 3.94. The predicted molar refractivity (Wildman–Crippen MR) is 115 cm³/mol. The number of hydrogen-bond acceptors (Lipinski definition) is 8. The maximum atomic E-state index is 9.75. The highest BCUT2D eigenvalue weighted by Gasteiger charge is 2.56. The van der Waals surface area contributed by atoms with Crippen molar-refractivity contribution >= 4 is 11.7 Å². The molecule has 2 fully saturated rings. The number of aliphatic hydroxyl groups excluding tert-OH is 1. The first-order chi connectivity index (χ1) is 15.1. The van der Waals surface area contributed by atoms with E-state index in [4.69, 9.17) is 14.2 Å². The van der Waals surface area contributed by atoms with E-state index in [9.17, 15) is 5.11 Å². The van der Waals surface area contributed by atoms with Crippen molar-refractivity contribution in [2.75, 3.05) is 25.1 Å². The summed E-state index contributed by atoms with van der Waals surface area (Å²) >= 11 is 0. The summed E-state index contributed by atoms with van der Waals surface area (Å²) in [4.78, 5) is 9.15. The topological polar surface area (TPSA) is 102 Å². The van der Waals surface area contributed by atoms with Gasteiger partial charge >= 0.3 is 0 Å². The minimum atomic E-state index is -0.716. The van der Waals surface area contributed by atoms with Gasteiger partial charge in [0.05, 0.1) is 12.9 Å². The first kappa shape index (κ1) is 20.4. The summed E-state index contributed by atoms with van der Waals surface area (Å²) in [5.74, 6) is 0.889. The van der Waals surface area contributed by atoms with E-state index in [0.29, 0.717) is 6.67 Å². The second-order valence-electron chi connectivity index (χ2n) is 8.52. The second-order valence-corrected chi connectivity index (χ2v) is 8.52. The minimum absolute atomic E-state index is 0.128. The number of aliphatic imine (C=N–C) groups is 1. The molecule has 0 aliphatic carbocycles. The van der Waals surface area contributed by atoms with Crippen LogP contribution in [-0.4, -0.2) is 64.4 Å². The Morgan fingerprint density at radius 2 is 2.03 bits per heavy atom. The number of amidine groups is 1. The first-order valence-corrected chi connectivity index (χ1v) is 10.8. The lowest BCUT2D eigenvalue weighted by Crippen LogP contribution is -2.32. The van der Waals surface area contributed by atoms with Crippen LogP contribution in [0, 0.1) is 0 Å². The second kappa shape index (κ2) is 8.23. The third-order valence-electron chi connectivity index (χ3n) is 5.86. The van der Waals surface area contributed by atoms with Crippen molar-refractivity contribution in [1.82, 2.24) is 14.9 Å². The van der Waals surface area contributed by atoms with Gasteiger partial charge in [-0.05, 0) is 32.3 Å². The molecule has 31 heavy (non-hydrogen) atoms. The largest absolute Gasteiger partial charge is 0.394 e. The monoisotopic (exact) mass is 427 g/mol. The van der Waals surface area contributed by atoms with E-state index in [1.807, 2.05) is 24.5 Å². The molecule has 4 atom stereocenters. The van der Waals surface area contributed by atoms with Gasteiger partial charge in [-0.15, -0.1) is 0 Å². The molecule has 4 unspecified atom stereocenters. The molecule has 0 saturated carbocycles. The van der Waals surface area contributed by atoms with Crippen LogP contribution < -0.4 is 10.6 Å². The molecule has 1 aromatic carbocycles. The number of rotatable bonds is 6. The SMILES string of the molecule is CC1(C)OC2C(CO)OC(n3cnc4c3NCN=C4NCCCc3ccccc3)C2O1. The molecule has 4 heterocycles. The maximum absolute atomic E-state index is 9.75. The predicted octanol–water partition coefficient (Wildman–Crippen LogP) is 1.64. The number of anilines is 1. The van der Waals surface area contributed by atoms with Crippen LogP contribution in [0.15, 0.2) is 41.7 Å². The molecule has 3 aliphatic rings. The Hall–Kier alpha value is -2.46. The molecule has 9 nitrogen and oxygen atoms in total. The van der Waals surface area contributed by atoms with E-state index in [1.54, 1.807) is 6.33 Å². The van der Waals surface area contributed by atoms with E-state index in [1.165, 1.54) is 5.56 Å². The van der Waals surface area contributed by atoms with E-state index < -0.39 is 18.1 Å². The number of ether oxygens (including phenoxy) is 3. The van der Waals surface area contributed by atoms with Gasteiger partial charge in [0.15, 0.2) is 17.9 Å². The van der Waals surface area contributed by atoms with Gasteiger partial charge in [-0.2, -0.15) is 0 Å². The maximum Gasteiger partial charge on any atom is 0.166 e. The van der Waals surface area contributed by atoms with Crippen molar-refractivity contribution < 1.29 is 19.3 Å².